The molecular formula is C18H19NO3S. The molecule has 0 aliphatic heterocycles. The SMILES string of the molecule is O=C(CCCc1cccs1)N(Cc1ccco1)Cc1ccco1. The minimum atomic E-state index is 0.120. The lowest BCUT2D eigenvalue weighted by Gasteiger charge is -2.20. The molecule has 0 bridgehead atoms. The monoisotopic (exact) mass is 329 g/mol. The van der Waals surface area contributed by atoms with E-state index in [0.29, 0.717) is 19.5 Å². The molecule has 5 heteroatoms. The van der Waals surface area contributed by atoms with Gasteiger partial charge in [-0.2, -0.15) is 0 Å². The highest BCUT2D eigenvalue weighted by atomic mass is 32.1. The number of rotatable bonds is 8. The Labute approximate surface area is 139 Å². The molecule has 3 rings (SSSR count). The van der Waals surface area contributed by atoms with Crippen molar-refractivity contribution in [3.63, 3.8) is 0 Å². The number of carbonyl (C=O) groups excluding carboxylic acids is 1. The zero-order valence-corrected chi connectivity index (χ0v) is 13.6. The summed E-state index contributed by atoms with van der Waals surface area (Å²) in [5.74, 6) is 1.68. The Morgan fingerprint density at radius 2 is 1.70 bits per heavy atom. The van der Waals surface area contributed by atoms with E-state index >= 15 is 0 Å². The van der Waals surface area contributed by atoms with Crippen LogP contribution in [0.3, 0.4) is 0 Å². The lowest BCUT2D eigenvalue weighted by Crippen LogP contribution is -2.29. The van der Waals surface area contributed by atoms with E-state index < -0.39 is 0 Å². The molecule has 4 nitrogen and oxygen atoms in total. The zero-order chi connectivity index (χ0) is 15.9. The third-order valence-electron chi connectivity index (χ3n) is 3.60. The zero-order valence-electron chi connectivity index (χ0n) is 12.8. The molecule has 0 aromatic carbocycles. The fraction of sp³-hybridized carbons (Fsp3) is 0.278. The molecule has 0 unspecified atom stereocenters. The van der Waals surface area contributed by atoms with E-state index in [9.17, 15) is 4.79 Å². The highest BCUT2D eigenvalue weighted by Gasteiger charge is 2.17. The number of aryl methyl sites for hydroxylation is 1. The standard InChI is InChI=1S/C18H19NO3S/c20-18(9-1-7-17-8-4-12-23-17)19(13-15-5-2-10-21-15)14-16-6-3-11-22-16/h2-6,8,10-12H,1,7,9,13-14H2. The lowest BCUT2D eigenvalue weighted by molar-refractivity contribution is -0.133. The summed E-state index contributed by atoms with van der Waals surface area (Å²) in [4.78, 5) is 15.7. The van der Waals surface area contributed by atoms with Crippen LogP contribution in [0.1, 0.15) is 29.2 Å². The summed E-state index contributed by atoms with van der Waals surface area (Å²) in [7, 11) is 0. The maximum absolute atomic E-state index is 12.6. The van der Waals surface area contributed by atoms with E-state index in [0.717, 1.165) is 24.4 Å². The maximum Gasteiger partial charge on any atom is 0.223 e. The maximum atomic E-state index is 12.6. The van der Waals surface area contributed by atoms with Crippen molar-refractivity contribution in [1.29, 1.82) is 0 Å². The first-order chi connectivity index (χ1) is 11.3. The van der Waals surface area contributed by atoms with Gasteiger partial charge in [0.2, 0.25) is 5.91 Å². The fourth-order valence-corrected chi connectivity index (χ4v) is 3.19. The molecule has 3 aromatic heterocycles. The van der Waals surface area contributed by atoms with Gasteiger partial charge in [-0.15, -0.1) is 11.3 Å². The summed E-state index contributed by atoms with van der Waals surface area (Å²) in [6, 6.07) is 11.6. The summed E-state index contributed by atoms with van der Waals surface area (Å²) < 4.78 is 10.7. The van der Waals surface area contributed by atoms with E-state index in [1.807, 2.05) is 30.3 Å². The predicted molar refractivity (Wildman–Crippen MR) is 88.9 cm³/mol. The molecule has 0 aliphatic carbocycles. The average Bonchev–Trinajstić information content (AvgIpc) is 3.30. The van der Waals surface area contributed by atoms with E-state index in [1.165, 1.54) is 4.88 Å². The molecule has 0 fully saturated rings. The third-order valence-corrected chi connectivity index (χ3v) is 4.54. The Balaban J connectivity index is 1.58. The fourth-order valence-electron chi connectivity index (χ4n) is 2.44. The molecule has 0 aliphatic rings. The molecule has 3 aromatic rings. The van der Waals surface area contributed by atoms with Crippen molar-refractivity contribution in [2.45, 2.75) is 32.4 Å². The van der Waals surface area contributed by atoms with Crippen molar-refractivity contribution in [3.05, 3.63) is 70.7 Å². The first kappa shape index (κ1) is 15.6. The minimum absolute atomic E-state index is 0.120. The van der Waals surface area contributed by atoms with Crippen LogP contribution in [-0.4, -0.2) is 10.8 Å². The number of hydrogen-bond acceptors (Lipinski definition) is 4. The van der Waals surface area contributed by atoms with E-state index in [-0.39, 0.29) is 5.91 Å². The second kappa shape index (κ2) is 7.83. The van der Waals surface area contributed by atoms with Crippen molar-refractivity contribution < 1.29 is 13.6 Å². The van der Waals surface area contributed by atoms with Crippen molar-refractivity contribution in [3.8, 4) is 0 Å². The van der Waals surface area contributed by atoms with E-state index in [4.69, 9.17) is 8.83 Å². The Morgan fingerprint density at radius 1 is 1.00 bits per heavy atom. The predicted octanol–water partition coefficient (Wildman–Crippen LogP) is 4.49. The number of nitrogens with zero attached hydrogens (tertiary/aromatic N) is 1. The summed E-state index contributed by atoms with van der Waals surface area (Å²) in [5, 5.41) is 2.07. The topological polar surface area (TPSA) is 46.6 Å². The van der Waals surface area contributed by atoms with Crippen molar-refractivity contribution in [2.75, 3.05) is 0 Å². The largest absolute Gasteiger partial charge is 0.467 e. The summed E-state index contributed by atoms with van der Waals surface area (Å²) in [6.45, 7) is 0.928. The van der Waals surface area contributed by atoms with Gasteiger partial charge in [-0.25, -0.2) is 0 Å². The molecule has 0 saturated carbocycles. The van der Waals surface area contributed by atoms with Gasteiger partial charge in [0.05, 0.1) is 25.6 Å². The number of hydrogen-bond donors (Lipinski definition) is 0. The van der Waals surface area contributed by atoms with E-state index in [2.05, 4.69) is 11.4 Å². The molecular weight excluding hydrogens is 310 g/mol. The van der Waals surface area contributed by atoms with Crippen LogP contribution in [-0.2, 0) is 24.3 Å². The van der Waals surface area contributed by atoms with Crippen LogP contribution in [0.2, 0.25) is 0 Å². The number of amides is 1. The van der Waals surface area contributed by atoms with Gasteiger partial charge in [0.1, 0.15) is 11.5 Å². The summed E-state index contributed by atoms with van der Waals surface area (Å²) in [6.07, 6.45) is 5.58. The van der Waals surface area contributed by atoms with Crippen LogP contribution in [0.5, 0.6) is 0 Å². The number of furan rings is 2. The Hall–Kier alpha value is -2.27. The van der Waals surface area contributed by atoms with Crippen LogP contribution in [0, 0.1) is 0 Å². The van der Waals surface area contributed by atoms with Crippen LogP contribution in [0.4, 0.5) is 0 Å². The van der Waals surface area contributed by atoms with Gasteiger partial charge in [-0.05, 0) is 48.6 Å². The summed E-state index contributed by atoms with van der Waals surface area (Å²) >= 11 is 1.74. The first-order valence-electron chi connectivity index (χ1n) is 7.66. The summed E-state index contributed by atoms with van der Waals surface area (Å²) in [5.41, 5.74) is 0. The van der Waals surface area contributed by atoms with Gasteiger partial charge in [0.15, 0.2) is 0 Å². The highest BCUT2D eigenvalue weighted by Crippen LogP contribution is 2.16. The second-order valence-electron chi connectivity index (χ2n) is 5.34. The number of carbonyl (C=O) groups is 1. The van der Waals surface area contributed by atoms with Gasteiger partial charge >= 0.3 is 0 Å². The minimum Gasteiger partial charge on any atom is -0.467 e. The molecule has 0 atom stereocenters. The van der Waals surface area contributed by atoms with Gasteiger partial charge in [0, 0.05) is 11.3 Å². The Bertz CT molecular complexity index is 651. The molecule has 0 saturated heterocycles. The third kappa shape index (κ3) is 4.60. The normalized spacial score (nSPS) is 10.8. The van der Waals surface area contributed by atoms with Gasteiger partial charge in [-0.3, -0.25) is 4.79 Å². The van der Waals surface area contributed by atoms with E-state index in [1.54, 1.807) is 28.8 Å². The Kier molecular flexibility index (Phi) is 5.32. The second-order valence-corrected chi connectivity index (χ2v) is 6.37. The molecule has 3 heterocycles. The Morgan fingerprint density at radius 3 is 2.22 bits per heavy atom. The van der Waals surface area contributed by atoms with Gasteiger partial charge < -0.3 is 13.7 Å². The molecule has 0 radical (unpaired) electrons. The van der Waals surface area contributed by atoms with Gasteiger partial charge in [0.25, 0.3) is 0 Å². The average molecular weight is 329 g/mol. The quantitative estimate of drug-likeness (QED) is 0.612. The van der Waals surface area contributed by atoms with Crippen molar-refractivity contribution >= 4 is 17.2 Å². The first-order valence-corrected chi connectivity index (χ1v) is 8.54. The molecule has 0 spiro atoms. The van der Waals surface area contributed by atoms with Crippen molar-refractivity contribution in [2.24, 2.45) is 0 Å². The molecule has 1 amide bonds. The number of thiophene rings is 1. The lowest BCUT2D eigenvalue weighted by atomic mass is 10.2. The van der Waals surface area contributed by atoms with Crippen LogP contribution in [0.15, 0.2) is 63.1 Å². The molecule has 23 heavy (non-hydrogen) atoms. The van der Waals surface area contributed by atoms with Gasteiger partial charge in [-0.1, -0.05) is 6.07 Å². The highest BCUT2D eigenvalue weighted by molar-refractivity contribution is 7.09. The van der Waals surface area contributed by atoms with Crippen molar-refractivity contribution in [1.82, 2.24) is 4.90 Å². The molecule has 120 valence electrons. The van der Waals surface area contributed by atoms with Crippen LogP contribution in [0.25, 0.3) is 0 Å². The van der Waals surface area contributed by atoms with Crippen LogP contribution >= 0.6 is 11.3 Å². The van der Waals surface area contributed by atoms with Crippen LogP contribution < -0.4 is 0 Å². The molecule has 0 N–H and O–H groups in total. The smallest absolute Gasteiger partial charge is 0.223 e.